The average Bonchev–Trinajstić information content (AvgIpc) is 2.42. The molecule has 0 radical (unpaired) electrons. The van der Waals surface area contributed by atoms with Crippen LogP contribution in [0.25, 0.3) is 0 Å². The van der Waals surface area contributed by atoms with E-state index in [-0.39, 0.29) is 5.82 Å². The van der Waals surface area contributed by atoms with Crippen LogP contribution in [0.1, 0.15) is 45.3 Å². The fourth-order valence-corrected chi connectivity index (χ4v) is 2.61. The van der Waals surface area contributed by atoms with Crippen LogP contribution in [-0.4, -0.2) is 31.4 Å². The number of ether oxygens (including phenoxy) is 1. The molecule has 0 aliphatic rings. The summed E-state index contributed by atoms with van der Waals surface area (Å²) in [5.41, 5.74) is 1.14. The van der Waals surface area contributed by atoms with E-state index in [1.807, 2.05) is 6.07 Å². The number of anilines is 1. The summed E-state index contributed by atoms with van der Waals surface area (Å²) in [7, 11) is 1.66. The number of halogens is 1. The molecule has 0 heterocycles. The van der Waals surface area contributed by atoms with E-state index in [9.17, 15) is 9.50 Å². The van der Waals surface area contributed by atoms with Crippen LogP contribution >= 0.6 is 0 Å². The van der Waals surface area contributed by atoms with E-state index in [1.165, 1.54) is 6.07 Å². The van der Waals surface area contributed by atoms with Crippen LogP contribution in [0.4, 0.5) is 10.1 Å². The molecule has 0 saturated carbocycles. The highest BCUT2D eigenvalue weighted by atomic mass is 19.1. The van der Waals surface area contributed by atoms with Gasteiger partial charge in [0, 0.05) is 30.9 Å². The van der Waals surface area contributed by atoms with E-state index in [4.69, 9.17) is 4.74 Å². The lowest BCUT2D eigenvalue weighted by atomic mass is 10.0. The molecule has 20 heavy (non-hydrogen) atoms. The van der Waals surface area contributed by atoms with Crippen LogP contribution in [0.3, 0.4) is 0 Å². The zero-order valence-electron chi connectivity index (χ0n) is 12.9. The average molecular weight is 283 g/mol. The zero-order chi connectivity index (χ0) is 15.1. The monoisotopic (exact) mass is 283 g/mol. The maximum atomic E-state index is 14.0. The minimum absolute atomic E-state index is 0.310. The lowest BCUT2D eigenvalue weighted by Gasteiger charge is -2.34. The molecule has 1 N–H and O–H groups in total. The van der Waals surface area contributed by atoms with Gasteiger partial charge in [0.05, 0.1) is 12.7 Å². The molecule has 1 aromatic carbocycles. The predicted molar refractivity (Wildman–Crippen MR) is 80.6 cm³/mol. The Hall–Kier alpha value is -1.13. The Bertz CT molecular complexity index is 405. The maximum absolute atomic E-state index is 14.0. The molecule has 0 amide bonds. The SMILES string of the molecule is CCC(CC)N(CCOC)c1cccc(F)c1[C@H](C)O. The molecular weight excluding hydrogens is 257 g/mol. The number of aliphatic hydroxyl groups is 1. The van der Waals surface area contributed by atoms with E-state index in [0.717, 1.165) is 18.5 Å². The summed E-state index contributed by atoms with van der Waals surface area (Å²) in [5, 5.41) is 9.89. The van der Waals surface area contributed by atoms with Gasteiger partial charge in [0.1, 0.15) is 5.82 Å². The van der Waals surface area contributed by atoms with Crippen LogP contribution < -0.4 is 4.90 Å². The van der Waals surface area contributed by atoms with E-state index in [0.29, 0.717) is 24.8 Å². The number of hydrogen-bond donors (Lipinski definition) is 1. The Morgan fingerprint density at radius 2 is 1.95 bits per heavy atom. The number of methoxy groups -OCH3 is 1. The fraction of sp³-hybridized carbons (Fsp3) is 0.625. The van der Waals surface area contributed by atoms with Crippen LogP contribution in [0.15, 0.2) is 18.2 Å². The molecule has 0 aliphatic heterocycles. The summed E-state index contributed by atoms with van der Waals surface area (Å²) in [5.74, 6) is -0.356. The van der Waals surface area contributed by atoms with Crippen molar-refractivity contribution in [2.45, 2.75) is 45.8 Å². The smallest absolute Gasteiger partial charge is 0.131 e. The third kappa shape index (κ3) is 3.93. The first kappa shape index (κ1) is 16.9. The Labute approximate surface area is 121 Å². The second-order valence-electron chi connectivity index (χ2n) is 5.01. The maximum Gasteiger partial charge on any atom is 0.131 e. The lowest BCUT2D eigenvalue weighted by molar-refractivity contribution is 0.192. The summed E-state index contributed by atoms with van der Waals surface area (Å²) >= 11 is 0. The van der Waals surface area contributed by atoms with Crippen molar-refractivity contribution in [3.8, 4) is 0 Å². The van der Waals surface area contributed by atoms with Gasteiger partial charge in [0.25, 0.3) is 0 Å². The van der Waals surface area contributed by atoms with Gasteiger partial charge in [-0.2, -0.15) is 0 Å². The van der Waals surface area contributed by atoms with Crippen molar-refractivity contribution in [1.82, 2.24) is 0 Å². The molecule has 0 fully saturated rings. The second-order valence-corrected chi connectivity index (χ2v) is 5.01. The zero-order valence-corrected chi connectivity index (χ0v) is 12.9. The second kappa shape index (κ2) is 8.22. The molecule has 1 rings (SSSR count). The van der Waals surface area contributed by atoms with E-state index >= 15 is 0 Å². The molecule has 0 aliphatic carbocycles. The van der Waals surface area contributed by atoms with Gasteiger partial charge in [-0.15, -0.1) is 0 Å². The van der Waals surface area contributed by atoms with Crippen molar-refractivity contribution in [2.75, 3.05) is 25.2 Å². The molecule has 114 valence electrons. The molecule has 4 heteroatoms. The topological polar surface area (TPSA) is 32.7 Å². The minimum Gasteiger partial charge on any atom is -0.389 e. The van der Waals surface area contributed by atoms with Crippen molar-refractivity contribution < 1.29 is 14.2 Å². The highest BCUT2D eigenvalue weighted by Gasteiger charge is 2.22. The number of rotatable bonds is 8. The van der Waals surface area contributed by atoms with Gasteiger partial charge in [0.2, 0.25) is 0 Å². The number of nitrogens with zero attached hydrogens (tertiary/aromatic N) is 1. The molecular formula is C16H26FNO2. The molecule has 0 unspecified atom stereocenters. The third-order valence-electron chi connectivity index (χ3n) is 3.68. The largest absolute Gasteiger partial charge is 0.389 e. The van der Waals surface area contributed by atoms with Crippen LogP contribution in [0.5, 0.6) is 0 Å². The summed E-state index contributed by atoms with van der Waals surface area (Å²) in [6, 6.07) is 5.27. The summed E-state index contributed by atoms with van der Waals surface area (Å²) < 4.78 is 19.2. The van der Waals surface area contributed by atoms with Gasteiger partial charge < -0.3 is 14.7 Å². The first-order valence-corrected chi connectivity index (χ1v) is 7.28. The molecule has 3 nitrogen and oxygen atoms in total. The summed E-state index contributed by atoms with van der Waals surface area (Å²) in [6.45, 7) is 7.10. The summed E-state index contributed by atoms with van der Waals surface area (Å²) in [4.78, 5) is 2.15. The first-order chi connectivity index (χ1) is 9.56. The summed E-state index contributed by atoms with van der Waals surface area (Å²) in [6.07, 6.45) is 1.11. The highest BCUT2D eigenvalue weighted by Crippen LogP contribution is 2.31. The van der Waals surface area contributed by atoms with Gasteiger partial charge in [-0.05, 0) is 31.9 Å². The van der Waals surface area contributed by atoms with E-state index in [1.54, 1.807) is 20.1 Å². The molecule has 0 bridgehead atoms. The van der Waals surface area contributed by atoms with Crippen LogP contribution in [0, 0.1) is 5.82 Å². The highest BCUT2D eigenvalue weighted by molar-refractivity contribution is 5.56. The number of benzene rings is 1. The molecule has 0 saturated heterocycles. The fourth-order valence-electron chi connectivity index (χ4n) is 2.61. The minimum atomic E-state index is -0.828. The molecule has 1 atom stereocenters. The van der Waals surface area contributed by atoms with Crippen molar-refractivity contribution in [3.63, 3.8) is 0 Å². The van der Waals surface area contributed by atoms with E-state index in [2.05, 4.69) is 18.7 Å². The molecule has 0 spiro atoms. The predicted octanol–water partition coefficient (Wildman–Crippen LogP) is 3.52. The Morgan fingerprint density at radius 1 is 1.30 bits per heavy atom. The van der Waals surface area contributed by atoms with Crippen molar-refractivity contribution in [2.24, 2.45) is 0 Å². The van der Waals surface area contributed by atoms with Crippen molar-refractivity contribution in [3.05, 3.63) is 29.6 Å². The lowest BCUT2D eigenvalue weighted by Crippen LogP contribution is -2.38. The Kier molecular flexibility index (Phi) is 6.96. The Morgan fingerprint density at radius 3 is 2.45 bits per heavy atom. The van der Waals surface area contributed by atoms with Gasteiger partial charge >= 0.3 is 0 Å². The van der Waals surface area contributed by atoms with Gasteiger partial charge in [-0.1, -0.05) is 19.9 Å². The van der Waals surface area contributed by atoms with Crippen LogP contribution in [-0.2, 0) is 4.74 Å². The van der Waals surface area contributed by atoms with Gasteiger partial charge in [0.15, 0.2) is 0 Å². The first-order valence-electron chi connectivity index (χ1n) is 7.28. The quantitative estimate of drug-likeness (QED) is 0.792. The van der Waals surface area contributed by atoms with Gasteiger partial charge in [-0.25, -0.2) is 4.39 Å². The Balaban J connectivity index is 3.22. The third-order valence-corrected chi connectivity index (χ3v) is 3.68. The number of hydrogen-bond acceptors (Lipinski definition) is 3. The van der Waals surface area contributed by atoms with Crippen molar-refractivity contribution in [1.29, 1.82) is 0 Å². The standard InChI is InChI=1S/C16H26FNO2/c1-5-13(6-2)18(10-11-20-4)15-9-7-8-14(17)16(15)12(3)19/h7-9,12-13,19H,5-6,10-11H2,1-4H3/t12-/m0/s1. The number of aliphatic hydroxyl groups excluding tert-OH is 1. The normalized spacial score (nSPS) is 12.8. The van der Waals surface area contributed by atoms with Crippen LogP contribution in [0.2, 0.25) is 0 Å². The molecule has 1 aromatic rings. The van der Waals surface area contributed by atoms with Crippen molar-refractivity contribution >= 4 is 5.69 Å². The molecule has 0 aromatic heterocycles. The van der Waals surface area contributed by atoms with E-state index < -0.39 is 6.10 Å². The van der Waals surface area contributed by atoms with Gasteiger partial charge in [-0.3, -0.25) is 0 Å².